The molecule has 0 aromatic carbocycles. The summed E-state index contributed by atoms with van der Waals surface area (Å²) in [7, 11) is 2.05. The summed E-state index contributed by atoms with van der Waals surface area (Å²) in [5.74, 6) is 0. The fourth-order valence-corrected chi connectivity index (χ4v) is 0.530. The largest absolute Gasteiger partial charge is 0.345 e. The van der Waals surface area contributed by atoms with Crippen LogP contribution in [0.15, 0.2) is 0 Å². The van der Waals surface area contributed by atoms with Gasteiger partial charge in [0.15, 0.2) is 0 Å². The van der Waals surface area contributed by atoms with E-state index in [0.29, 0.717) is 0 Å². The molecule has 0 aromatic heterocycles. The van der Waals surface area contributed by atoms with Gasteiger partial charge >= 0.3 is 0 Å². The summed E-state index contributed by atoms with van der Waals surface area (Å²) in [6.45, 7) is 3.67. The van der Waals surface area contributed by atoms with Gasteiger partial charge in [-0.2, -0.15) is 0 Å². The van der Waals surface area contributed by atoms with Crippen molar-refractivity contribution in [1.29, 1.82) is 0 Å². The van der Waals surface area contributed by atoms with Crippen molar-refractivity contribution in [2.75, 3.05) is 7.05 Å². The van der Waals surface area contributed by atoms with E-state index in [4.69, 9.17) is 0 Å². The Morgan fingerprint density at radius 1 is 2.00 bits per heavy atom. The molecular formula is C3H10NSi. The molecule has 0 saturated heterocycles. The molecular weight excluding hydrogens is 78.1 g/mol. The van der Waals surface area contributed by atoms with Crippen molar-refractivity contribution in [3.63, 3.8) is 0 Å². The lowest BCUT2D eigenvalue weighted by molar-refractivity contribution is 1.23. The lowest BCUT2D eigenvalue weighted by atomic mass is 11.0. The zero-order valence-corrected chi connectivity index (χ0v) is 5.04. The first-order valence-corrected chi connectivity index (χ1v) is 3.56. The third kappa shape index (κ3) is 4.18. The van der Waals surface area contributed by atoms with Crippen molar-refractivity contribution < 1.29 is 0 Å². The van der Waals surface area contributed by atoms with Crippen LogP contribution in [-0.4, -0.2) is 16.7 Å². The number of nitrogens with one attached hydrogen (secondary N) is 1. The topological polar surface area (TPSA) is 12.0 Å². The van der Waals surface area contributed by atoms with Crippen LogP contribution in [0.4, 0.5) is 0 Å². The monoisotopic (exact) mass is 88.1 g/mol. The van der Waals surface area contributed by atoms with Gasteiger partial charge in [-0.25, -0.2) is 0 Å². The van der Waals surface area contributed by atoms with Gasteiger partial charge in [0.2, 0.25) is 0 Å². The molecule has 1 nitrogen and oxygen atoms in total. The Bertz CT molecular complexity index is 14.4. The van der Waals surface area contributed by atoms with Gasteiger partial charge in [-0.05, 0) is 7.05 Å². The van der Waals surface area contributed by atoms with E-state index in [2.05, 4.69) is 11.9 Å². The number of rotatable bonds is 2. The van der Waals surface area contributed by atoms with Crippen molar-refractivity contribution in [3.05, 3.63) is 6.92 Å². The molecule has 0 aliphatic carbocycles. The van der Waals surface area contributed by atoms with Crippen molar-refractivity contribution in [2.45, 2.75) is 6.04 Å². The van der Waals surface area contributed by atoms with E-state index in [1.807, 2.05) is 7.05 Å². The molecule has 5 heavy (non-hydrogen) atoms. The maximum Gasteiger partial charge on any atom is 0.0913 e. The lowest BCUT2D eigenvalue weighted by Crippen LogP contribution is -2.09. The summed E-state index contributed by atoms with van der Waals surface area (Å²) in [6.07, 6.45) is 0. The number of hydrogen-bond donors (Lipinski definition) is 1. The fraction of sp³-hybridized carbons (Fsp3) is 0.667. The van der Waals surface area contributed by atoms with Crippen LogP contribution in [0.1, 0.15) is 0 Å². The van der Waals surface area contributed by atoms with Crippen molar-refractivity contribution >= 4 is 9.68 Å². The maximum atomic E-state index is 3.67. The zero-order valence-electron chi connectivity index (χ0n) is 3.62. The molecule has 0 rings (SSSR count). The first kappa shape index (κ1) is 5.18. The second-order valence-electron chi connectivity index (χ2n) is 0.957. The van der Waals surface area contributed by atoms with Gasteiger partial charge in [-0.15, -0.1) is 0 Å². The Hall–Kier alpha value is 0.177. The summed E-state index contributed by atoms with van der Waals surface area (Å²) < 4.78 is 0. The van der Waals surface area contributed by atoms with Gasteiger partial charge in [-0.1, -0.05) is 13.0 Å². The molecule has 0 spiro atoms. The van der Waals surface area contributed by atoms with Crippen LogP contribution in [0.25, 0.3) is 0 Å². The number of hydrogen-bond acceptors (Lipinski definition) is 1. The highest BCUT2D eigenvalue weighted by Gasteiger charge is 1.67. The minimum atomic E-state index is 0.0710. The summed E-state index contributed by atoms with van der Waals surface area (Å²) >= 11 is 0. The van der Waals surface area contributed by atoms with Gasteiger partial charge in [0.1, 0.15) is 0 Å². The van der Waals surface area contributed by atoms with E-state index in [0.717, 1.165) is 6.04 Å². The molecule has 0 bridgehead atoms. The van der Waals surface area contributed by atoms with Crippen molar-refractivity contribution in [2.24, 2.45) is 0 Å². The van der Waals surface area contributed by atoms with Gasteiger partial charge in [0.25, 0.3) is 0 Å². The molecule has 0 aliphatic rings. The average Bonchev–Trinajstić information content (AvgIpc) is 1.41. The summed E-state index contributed by atoms with van der Waals surface area (Å²) in [5, 5.41) is 0. The Morgan fingerprint density at radius 2 is 2.60 bits per heavy atom. The molecule has 31 valence electrons. The van der Waals surface area contributed by atoms with Crippen LogP contribution in [0.3, 0.4) is 0 Å². The van der Waals surface area contributed by atoms with Gasteiger partial charge in [0, 0.05) is 0 Å². The van der Waals surface area contributed by atoms with Crippen LogP contribution in [0.2, 0.25) is 6.04 Å². The standard InChI is InChI=1S/C3H10NSi/c1-3-5-4-2/h4H,1,3,5H2,2H3. The van der Waals surface area contributed by atoms with Gasteiger partial charge in [-0.3, -0.25) is 0 Å². The van der Waals surface area contributed by atoms with E-state index in [1.54, 1.807) is 0 Å². The molecule has 0 amide bonds. The third-order valence-electron chi connectivity index (χ3n) is 0.427. The highest BCUT2D eigenvalue weighted by molar-refractivity contribution is 6.32. The lowest BCUT2D eigenvalue weighted by Gasteiger charge is -1.82. The van der Waals surface area contributed by atoms with Gasteiger partial charge in [0.05, 0.1) is 9.68 Å². The van der Waals surface area contributed by atoms with Crippen LogP contribution in [0, 0.1) is 6.92 Å². The third-order valence-corrected chi connectivity index (χ3v) is 1.28. The Labute approximate surface area is 35.7 Å². The molecule has 2 heteroatoms. The normalized spacial score (nSPS) is 10.8. The Kier molecular flexibility index (Phi) is 4.32. The first-order chi connectivity index (χ1) is 2.41. The summed E-state index contributed by atoms with van der Waals surface area (Å²) in [4.78, 5) is 3.09. The molecule has 0 fully saturated rings. The Balaban J connectivity index is 2.19. The maximum absolute atomic E-state index is 3.67. The summed E-state index contributed by atoms with van der Waals surface area (Å²) in [6, 6.07) is 1.12. The molecule has 1 N–H and O–H groups in total. The quantitative estimate of drug-likeness (QED) is 0.450. The molecule has 1 radical (unpaired) electrons. The summed E-state index contributed by atoms with van der Waals surface area (Å²) in [5.41, 5.74) is 0. The van der Waals surface area contributed by atoms with Crippen LogP contribution >= 0.6 is 0 Å². The van der Waals surface area contributed by atoms with E-state index in [-0.39, 0.29) is 9.68 Å². The fourth-order valence-electron chi connectivity index (χ4n) is 0.177. The minimum absolute atomic E-state index is 0.0710. The molecule has 0 aliphatic heterocycles. The van der Waals surface area contributed by atoms with Crippen LogP contribution in [0.5, 0.6) is 0 Å². The van der Waals surface area contributed by atoms with Gasteiger partial charge < -0.3 is 4.98 Å². The van der Waals surface area contributed by atoms with E-state index >= 15 is 0 Å². The second kappa shape index (κ2) is 4.18. The van der Waals surface area contributed by atoms with Crippen molar-refractivity contribution in [1.82, 2.24) is 4.98 Å². The Morgan fingerprint density at radius 3 is 2.60 bits per heavy atom. The predicted molar refractivity (Wildman–Crippen MR) is 27.8 cm³/mol. The molecule has 0 atom stereocenters. The first-order valence-electron chi connectivity index (χ1n) is 1.85. The van der Waals surface area contributed by atoms with E-state index in [9.17, 15) is 0 Å². The minimum Gasteiger partial charge on any atom is -0.345 e. The molecule has 0 aromatic rings. The predicted octanol–water partition coefficient (Wildman–Crippen LogP) is -0.458. The van der Waals surface area contributed by atoms with Crippen molar-refractivity contribution in [3.8, 4) is 0 Å². The van der Waals surface area contributed by atoms with E-state index in [1.165, 1.54) is 0 Å². The zero-order chi connectivity index (χ0) is 4.12. The average molecular weight is 88.2 g/mol. The highest BCUT2D eigenvalue weighted by Crippen LogP contribution is 1.59. The second-order valence-corrected chi connectivity index (χ2v) is 2.87. The molecule has 0 saturated carbocycles. The molecule has 0 unspecified atom stereocenters. The SMILES string of the molecule is [CH2]C[SiH2]NC. The highest BCUT2D eigenvalue weighted by atomic mass is 28.2. The van der Waals surface area contributed by atoms with E-state index < -0.39 is 0 Å². The van der Waals surface area contributed by atoms with Crippen LogP contribution in [-0.2, 0) is 0 Å². The smallest absolute Gasteiger partial charge is 0.0913 e. The van der Waals surface area contributed by atoms with Crippen LogP contribution < -0.4 is 4.98 Å². The molecule has 0 heterocycles.